The van der Waals surface area contributed by atoms with Gasteiger partial charge in [-0.15, -0.1) is 0 Å². The number of aromatic nitrogens is 1. The summed E-state index contributed by atoms with van der Waals surface area (Å²) < 4.78 is 11.3. The van der Waals surface area contributed by atoms with Gasteiger partial charge in [0.2, 0.25) is 5.88 Å². The fourth-order valence-corrected chi connectivity index (χ4v) is 3.23. The Balaban J connectivity index is 1.38. The summed E-state index contributed by atoms with van der Waals surface area (Å²) in [5.74, 6) is 1.23. The van der Waals surface area contributed by atoms with Crippen LogP contribution in [-0.4, -0.2) is 42.2 Å². The first-order valence-corrected chi connectivity index (χ1v) is 8.94. The summed E-state index contributed by atoms with van der Waals surface area (Å²) in [6.07, 6.45) is 0.704. The minimum absolute atomic E-state index is 0.0675. The van der Waals surface area contributed by atoms with Gasteiger partial charge in [0, 0.05) is 24.4 Å². The lowest BCUT2D eigenvalue weighted by atomic mass is 10.2. The first kappa shape index (κ1) is 17.1. The number of nitrogens with zero attached hydrogens (tertiary/aromatic N) is 2. The molecule has 2 aromatic carbocycles. The second-order valence-corrected chi connectivity index (χ2v) is 6.45. The maximum atomic E-state index is 12.5. The summed E-state index contributed by atoms with van der Waals surface area (Å²) in [7, 11) is 1.58. The van der Waals surface area contributed by atoms with Crippen molar-refractivity contribution in [3.05, 3.63) is 60.7 Å². The lowest BCUT2D eigenvalue weighted by Gasteiger charge is -2.18. The van der Waals surface area contributed by atoms with E-state index in [0.29, 0.717) is 30.4 Å². The molecule has 2 amide bonds. The van der Waals surface area contributed by atoms with E-state index < -0.39 is 0 Å². The van der Waals surface area contributed by atoms with Gasteiger partial charge >= 0.3 is 6.03 Å². The summed E-state index contributed by atoms with van der Waals surface area (Å²) in [6, 6.07) is 19.0. The first-order valence-electron chi connectivity index (χ1n) is 8.94. The zero-order valence-electron chi connectivity index (χ0n) is 15.1. The number of hydrogen-bond acceptors (Lipinski definition) is 4. The zero-order valence-corrected chi connectivity index (χ0v) is 15.1. The molecule has 1 aromatic heterocycles. The Bertz CT molecular complexity index is 960. The zero-order chi connectivity index (χ0) is 18.6. The summed E-state index contributed by atoms with van der Waals surface area (Å²) in [6.45, 7) is 1.16. The molecule has 1 atom stereocenters. The lowest BCUT2D eigenvalue weighted by molar-refractivity contribution is 0.190. The number of carbonyl (C=O) groups excluding carboxylic acids is 1. The third-order valence-corrected chi connectivity index (χ3v) is 4.64. The number of nitrogens with one attached hydrogen (secondary N) is 1. The Morgan fingerprint density at radius 3 is 2.81 bits per heavy atom. The fraction of sp³-hybridized carbons (Fsp3) is 0.238. The van der Waals surface area contributed by atoms with Crippen molar-refractivity contribution in [3.63, 3.8) is 0 Å². The average Bonchev–Trinajstić information content (AvgIpc) is 3.17. The highest BCUT2D eigenvalue weighted by Crippen LogP contribution is 2.25. The van der Waals surface area contributed by atoms with Crippen LogP contribution in [0.2, 0.25) is 0 Å². The number of benzene rings is 2. The number of methoxy groups -OCH3 is 1. The highest BCUT2D eigenvalue weighted by Gasteiger charge is 2.28. The van der Waals surface area contributed by atoms with Crippen LogP contribution in [0.4, 0.5) is 10.5 Å². The molecule has 27 heavy (non-hydrogen) atoms. The van der Waals surface area contributed by atoms with Gasteiger partial charge in [-0.05, 0) is 24.3 Å². The molecule has 0 bridgehead atoms. The fourth-order valence-electron chi connectivity index (χ4n) is 3.23. The van der Waals surface area contributed by atoms with Crippen LogP contribution in [-0.2, 0) is 0 Å². The first-order chi connectivity index (χ1) is 13.2. The van der Waals surface area contributed by atoms with Gasteiger partial charge in [-0.3, -0.25) is 0 Å². The molecule has 0 aliphatic carbocycles. The van der Waals surface area contributed by atoms with Crippen LogP contribution in [0.3, 0.4) is 0 Å². The molecule has 1 saturated heterocycles. The van der Waals surface area contributed by atoms with E-state index in [-0.39, 0.29) is 12.1 Å². The van der Waals surface area contributed by atoms with E-state index >= 15 is 0 Å². The van der Waals surface area contributed by atoms with Crippen molar-refractivity contribution in [3.8, 4) is 11.6 Å². The molecule has 1 fully saturated rings. The number of carbonyl (C=O) groups is 1. The maximum absolute atomic E-state index is 12.5. The molecule has 0 saturated carbocycles. The molecule has 1 aliphatic heterocycles. The van der Waals surface area contributed by atoms with E-state index in [9.17, 15) is 4.79 Å². The van der Waals surface area contributed by atoms with Gasteiger partial charge in [-0.2, -0.15) is 0 Å². The van der Waals surface area contributed by atoms with Crippen LogP contribution >= 0.6 is 0 Å². The Labute approximate surface area is 157 Å². The summed E-state index contributed by atoms with van der Waals surface area (Å²) in [5, 5.41) is 3.98. The van der Waals surface area contributed by atoms with Gasteiger partial charge in [0.25, 0.3) is 0 Å². The molecule has 3 aromatic rings. The molecule has 1 N–H and O–H groups in total. The van der Waals surface area contributed by atoms with Crippen LogP contribution in [0.25, 0.3) is 10.9 Å². The number of pyridine rings is 1. The van der Waals surface area contributed by atoms with E-state index in [4.69, 9.17) is 9.47 Å². The van der Waals surface area contributed by atoms with Gasteiger partial charge in [-0.25, -0.2) is 9.78 Å². The van der Waals surface area contributed by atoms with Gasteiger partial charge in [0.15, 0.2) is 0 Å². The average molecular weight is 363 g/mol. The van der Waals surface area contributed by atoms with Crippen molar-refractivity contribution >= 4 is 22.6 Å². The molecule has 0 unspecified atom stereocenters. The number of urea groups is 1. The van der Waals surface area contributed by atoms with Gasteiger partial charge in [0.05, 0.1) is 24.9 Å². The van der Waals surface area contributed by atoms with Crippen LogP contribution in [0.1, 0.15) is 6.42 Å². The number of fused-ring (bicyclic) bond motifs is 1. The summed E-state index contributed by atoms with van der Waals surface area (Å²) in [4.78, 5) is 18.8. The molecular weight excluding hydrogens is 342 g/mol. The monoisotopic (exact) mass is 363 g/mol. The van der Waals surface area contributed by atoms with Crippen LogP contribution in [0.5, 0.6) is 11.6 Å². The standard InChI is InChI=1S/C21H21N3O3/c1-26-19-9-5-4-8-18(19)23-21(25)24-13-12-16(14-24)27-20-11-10-15-6-2-3-7-17(15)22-20/h2-11,16H,12-14H2,1H3,(H,23,25)/t16-/m0/s1. The number of para-hydroxylation sites is 3. The van der Waals surface area contributed by atoms with E-state index in [1.54, 1.807) is 12.0 Å². The Morgan fingerprint density at radius 1 is 1.11 bits per heavy atom. The molecule has 0 spiro atoms. The van der Waals surface area contributed by atoms with E-state index in [0.717, 1.165) is 17.3 Å². The van der Waals surface area contributed by atoms with Crippen molar-refractivity contribution in [2.45, 2.75) is 12.5 Å². The molecule has 2 heterocycles. The predicted molar refractivity (Wildman–Crippen MR) is 104 cm³/mol. The predicted octanol–water partition coefficient (Wildman–Crippen LogP) is 3.93. The van der Waals surface area contributed by atoms with E-state index in [1.807, 2.05) is 60.7 Å². The number of ether oxygens (including phenoxy) is 2. The highest BCUT2D eigenvalue weighted by atomic mass is 16.5. The lowest BCUT2D eigenvalue weighted by Crippen LogP contribution is -2.34. The molecular formula is C21H21N3O3. The van der Waals surface area contributed by atoms with Gasteiger partial charge in [0.1, 0.15) is 11.9 Å². The SMILES string of the molecule is COc1ccccc1NC(=O)N1CC[C@H](Oc2ccc3ccccc3n2)C1. The largest absolute Gasteiger partial charge is 0.495 e. The number of likely N-dealkylation sites (tertiary alicyclic amines) is 1. The van der Waals surface area contributed by atoms with E-state index in [2.05, 4.69) is 10.3 Å². The molecule has 138 valence electrons. The molecule has 4 rings (SSSR count). The molecule has 6 heteroatoms. The maximum Gasteiger partial charge on any atom is 0.322 e. The van der Waals surface area contributed by atoms with Gasteiger partial charge in [-0.1, -0.05) is 30.3 Å². The quantitative estimate of drug-likeness (QED) is 0.763. The topological polar surface area (TPSA) is 63.7 Å². The second kappa shape index (κ2) is 7.53. The summed E-state index contributed by atoms with van der Waals surface area (Å²) >= 11 is 0. The van der Waals surface area contributed by atoms with Crippen molar-refractivity contribution in [1.82, 2.24) is 9.88 Å². The van der Waals surface area contributed by atoms with Crippen molar-refractivity contribution < 1.29 is 14.3 Å². The second-order valence-electron chi connectivity index (χ2n) is 6.45. The van der Waals surface area contributed by atoms with Gasteiger partial charge < -0.3 is 19.7 Å². The Morgan fingerprint density at radius 2 is 1.93 bits per heavy atom. The highest BCUT2D eigenvalue weighted by molar-refractivity contribution is 5.91. The van der Waals surface area contributed by atoms with Crippen LogP contribution in [0.15, 0.2) is 60.7 Å². The minimum atomic E-state index is -0.155. The molecule has 6 nitrogen and oxygen atoms in total. The number of amides is 2. The van der Waals surface area contributed by atoms with Crippen molar-refractivity contribution in [2.24, 2.45) is 0 Å². The third-order valence-electron chi connectivity index (χ3n) is 4.64. The number of rotatable bonds is 4. The smallest absolute Gasteiger partial charge is 0.322 e. The minimum Gasteiger partial charge on any atom is -0.495 e. The van der Waals surface area contributed by atoms with Crippen molar-refractivity contribution in [2.75, 3.05) is 25.5 Å². The number of hydrogen-bond donors (Lipinski definition) is 1. The van der Waals surface area contributed by atoms with Crippen molar-refractivity contribution in [1.29, 1.82) is 0 Å². The van der Waals surface area contributed by atoms with E-state index in [1.165, 1.54) is 0 Å². The van der Waals surface area contributed by atoms with Crippen LogP contribution in [0, 0.1) is 0 Å². The Kier molecular flexibility index (Phi) is 4.78. The normalized spacial score (nSPS) is 16.3. The Hall–Kier alpha value is -3.28. The molecule has 0 radical (unpaired) electrons. The number of anilines is 1. The van der Waals surface area contributed by atoms with Crippen LogP contribution < -0.4 is 14.8 Å². The molecule has 1 aliphatic rings. The third kappa shape index (κ3) is 3.79. The summed E-state index contributed by atoms with van der Waals surface area (Å²) in [5.41, 5.74) is 1.56.